The Hall–Kier alpha value is -2.00. The van der Waals surface area contributed by atoms with Crippen molar-refractivity contribution in [1.82, 2.24) is 14.9 Å². The van der Waals surface area contributed by atoms with Gasteiger partial charge < -0.3 is 20.1 Å². The fourth-order valence-electron chi connectivity index (χ4n) is 3.70. The van der Waals surface area contributed by atoms with Crippen LogP contribution in [0.1, 0.15) is 0 Å². The SMILES string of the molecule is CNc1nc(N2C[C@H]3CN(CCOC)C[C@@]3(C(=O)O)C2)ncc1F. The first-order chi connectivity index (χ1) is 11.5. The fourth-order valence-corrected chi connectivity index (χ4v) is 3.70. The van der Waals surface area contributed by atoms with Crippen LogP contribution in [-0.2, 0) is 9.53 Å². The van der Waals surface area contributed by atoms with Crippen molar-refractivity contribution in [3.05, 3.63) is 12.0 Å². The molecule has 0 aromatic carbocycles. The molecule has 3 heterocycles. The Balaban J connectivity index is 1.79. The zero-order valence-electron chi connectivity index (χ0n) is 13.8. The Morgan fingerprint density at radius 3 is 2.96 bits per heavy atom. The van der Waals surface area contributed by atoms with Crippen molar-refractivity contribution in [1.29, 1.82) is 0 Å². The molecule has 0 saturated carbocycles. The van der Waals surface area contributed by atoms with Gasteiger partial charge in [0.1, 0.15) is 5.41 Å². The Bertz CT molecular complexity index is 631. The van der Waals surface area contributed by atoms with Gasteiger partial charge in [-0.1, -0.05) is 0 Å². The van der Waals surface area contributed by atoms with Crippen LogP contribution in [-0.4, -0.2) is 79.4 Å². The molecule has 0 spiro atoms. The second-order valence-corrected chi connectivity index (χ2v) is 6.38. The molecule has 3 rings (SSSR count). The molecule has 2 saturated heterocycles. The molecule has 1 aromatic rings. The molecule has 0 unspecified atom stereocenters. The summed E-state index contributed by atoms with van der Waals surface area (Å²) in [5.41, 5.74) is -0.842. The van der Waals surface area contributed by atoms with Crippen molar-refractivity contribution in [2.75, 3.05) is 63.7 Å². The molecule has 0 amide bonds. The molecule has 2 fully saturated rings. The summed E-state index contributed by atoms with van der Waals surface area (Å²) in [7, 11) is 3.22. The summed E-state index contributed by atoms with van der Waals surface area (Å²) in [6.45, 7) is 3.35. The number of carboxylic acid groups (broad SMARTS) is 1. The summed E-state index contributed by atoms with van der Waals surface area (Å²) < 4.78 is 18.6. The quantitative estimate of drug-likeness (QED) is 0.756. The van der Waals surface area contributed by atoms with Gasteiger partial charge in [-0.2, -0.15) is 4.98 Å². The number of aromatic nitrogens is 2. The summed E-state index contributed by atoms with van der Waals surface area (Å²) in [4.78, 5) is 24.1. The summed E-state index contributed by atoms with van der Waals surface area (Å²) >= 11 is 0. The maximum absolute atomic E-state index is 13.5. The number of ether oxygens (including phenoxy) is 1. The van der Waals surface area contributed by atoms with Gasteiger partial charge in [0.15, 0.2) is 11.6 Å². The standard InChI is InChI=1S/C15H22FN5O3/c1-17-12-11(16)5-18-14(19-12)21-7-10-6-20(3-4-24-2)8-15(10,9-21)13(22)23/h5,10H,3-4,6-9H2,1-2H3,(H,22,23)(H,17,18,19)/t10-,15-/m1/s1. The Morgan fingerprint density at radius 1 is 1.54 bits per heavy atom. The third-order valence-corrected chi connectivity index (χ3v) is 4.97. The van der Waals surface area contributed by atoms with Crippen LogP contribution in [0, 0.1) is 17.2 Å². The van der Waals surface area contributed by atoms with Crippen LogP contribution in [0.5, 0.6) is 0 Å². The zero-order valence-corrected chi connectivity index (χ0v) is 13.8. The van der Waals surface area contributed by atoms with E-state index >= 15 is 0 Å². The summed E-state index contributed by atoms with van der Waals surface area (Å²) in [6, 6.07) is 0. The number of carbonyl (C=O) groups is 1. The van der Waals surface area contributed by atoms with Gasteiger partial charge in [-0.3, -0.25) is 9.69 Å². The van der Waals surface area contributed by atoms with Gasteiger partial charge in [-0.25, -0.2) is 9.37 Å². The Kier molecular flexibility index (Phi) is 4.55. The number of aliphatic carboxylic acids is 1. The topological polar surface area (TPSA) is 90.8 Å². The Morgan fingerprint density at radius 2 is 2.33 bits per heavy atom. The summed E-state index contributed by atoms with van der Waals surface area (Å²) in [5, 5.41) is 12.5. The normalized spacial score (nSPS) is 26.6. The third-order valence-electron chi connectivity index (χ3n) is 4.97. The lowest BCUT2D eigenvalue weighted by atomic mass is 9.81. The van der Waals surface area contributed by atoms with Gasteiger partial charge >= 0.3 is 5.97 Å². The number of fused-ring (bicyclic) bond motifs is 1. The lowest BCUT2D eigenvalue weighted by molar-refractivity contribution is -0.148. The van der Waals surface area contributed by atoms with Crippen LogP contribution in [0.15, 0.2) is 6.20 Å². The van der Waals surface area contributed by atoms with E-state index in [4.69, 9.17) is 4.74 Å². The van der Waals surface area contributed by atoms with Crippen molar-refractivity contribution in [2.45, 2.75) is 0 Å². The van der Waals surface area contributed by atoms with E-state index < -0.39 is 17.2 Å². The highest BCUT2D eigenvalue weighted by Crippen LogP contribution is 2.43. The maximum Gasteiger partial charge on any atom is 0.313 e. The lowest BCUT2D eigenvalue weighted by Gasteiger charge is -2.25. The number of likely N-dealkylation sites (tertiary alicyclic amines) is 1. The van der Waals surface area contributed by atoms with Crippen LogP contribution >= 0.6 is 0 Å². The number of nitrogens with zero attached hydrogens (tertiary/aromatic N) is 4. The first kappa shape index (κ1) is 16.8. The first-order valence-electron chi connectivity index (χ1n) is 7.90. The van der Waals surface area contributed by atoms with E-state index in [1.165, 1.54) is 0 Å². The van der Waals surface area contributed by atoms with Crippen LogP contribution in [0.2, 0.25) is 0 Å². The van der Waals surface area contributed by atoms with Crippen molar-refractivity contribution >= 4 is 17.7 Å². The van der Waals surface area contributed by atoms with E-state index in [0.717, 1.165) is 12.7 Å². The molecular formula is C15H22FN5O3. The molecule has 0 aliphatic carbocycles. The number of rotatable bonds is 6. The highest BCUT2D eigenvalue weighted by atomic mass is 19.1. The number of hydrogen-bond acceptors (Lipinski definition) is 7. The molecule has 8 nitrogen and oxygen atoms in total. The number of halogens is 1. The minimum atomic E-state index is -0.842. The minimum Gasteiger partial charge on any atom is -0.481 e. The molecule has 2 aliphatic heterocycles. The smallest absolute Gasteiger partial charge is 0.313 e. The molecule has 132 valence electrons. The summed E-state index contributed by atoms with van der Waals surface area (Å²) in [6.07, 6.45) is 1.11. The zero-order chi connectivity index (χ0) is 17.3. The van der Waals surface area contributed by atoms with E-state index in [0.29, 0.717) is 38.7 Å². The van der Waals surface area contributed by atoms with Crippen molar-refractivity contribution < 1.29 is 19.0 Å². The van der Waals surface area contributed by atoms with Crippen molar-refractivity contribution in [3.8, 4) is 0 Å². The second kappa shape index (κ2) is 6.48. The predicted octanol–water partition coefficient (Wildman–Crippen LogP) is 0.127. The number of anilines is 2. The average molecular weight is 339 g/mol. The predicted molar refractivity (Wildman–Crippen MR) is 85.6 cm³/mol. The number of methoxy groups -OCH3 is 1. The molecule has 9 heteroatoms. The van der Waals surface area contributed by atoms with Gasteiger partial charge in [0.25, 0.3) is 0 Å². The largest absolute Gasteiger partial charge is 0.481 e. The maximum atomic E-state index is 13.5. The highest BCUT2D eigenvalue weighted by Gasteiger charge is 2.58. The van der Waals surface area contributed by atoms with Gasteiger partial charge in [-0.15, -0.1) is 0 Å². The lowest BCUT2D eigenvalue weighted by Crippen LogP contribution is -2.41. The molecule has 2 aliphatic rings. The molecule has 2 atom stereocenters. The minimum absolute atomic E-state index is 0.0152. The molecule has 0 radical (unpaired) electrons. The molecule has 24 heavy (non-hydrogen) atoms. The molecule has 2 N–H and O–H groups in total. The van der Waals surface area contributed by atoms with Gasteiger partial charge in [0.05, 0.1) is 12.8 Å². The monoisotopic (exact) mass is 339 g/mol. The second-order valence-electron chi connectivity index (χ2n) is 6.38. The van der Waals surface area contributed by atoms with Crippen molar-refractivity contribution in [3.63, 3.8) is 0 Å². The Labute approximate surface area is 139 Å². The number of carboxylic acids is 1. The average Bonchev–Trinajstić information content (AvgIpc) is 3.08. The van der Waals surface area contributed by atoms with Gasteiger partial charge in [0.2, 0.25) is 5.95 Å². The van der Waals surface area contributed by atoms with E-state index in [-0.39, 0.29) is 11.7 Å². The van der Waals surface area contributed by atoms with Crippen LogP contribution in [0.4, 0.5) is 16.2 Å². The first-order valence-corrected chi connectivity index (χ1v) is 7.90. The fraction of sp³-hybridized carbons (Fsp3) is 0.667. The van der Waals surface area contributed by atoms with Gasteiger partial charge in [-0.05, 0) is 0 Å². The molecular weight excluding hydrogens is 317 g/mol. The third kappa shape index (κ3) is 2.78. The van der Waals surface area contributed by atoms with Crippen molar-refractivity contribution in [2.24, 2.45) is 11.3 Å². The molecule has 1 aromatic heterocycles. The van der Waals surface area contributed by atoms with E-state index in [1.54, 1.807) is 14.2 Å². The van der Waals surface area contributed by atoms with Crippen LogP contribution < -0.4 is 10.2 Å². The van der Waals surface area contributed by atoms with Crippen LogP contribution in [0.3, 0.4) is 0 Å². The van der Waals surface area contributed by atoms with E-state index in [1.807, 2.05) is 4.90 Å². The number of hydrogen-bond donors (Lipinski definition) is 2. The number of nitrogens with one attached hydrogen (secondary N) is 1. The summed E-state index contributed by atoms with van der Waals surface area (Å²) in [5.74, 6) is -0.869. The van der Waals surface area contributed by atoms with Crippen LogP contribution in [0.25, 0.3) is 0 Å². The van der Waals surface area contributed by atoms with Gasteiger partial charge in [0, 0.05) is 52.8 Å². The van der Waals surface area contributed by atoms with E-state index in [2.05, 4.69) is 20.2 Å². The highest BCUT2D eigenvalue weighted by molar-refractivity contribution is 5.78. The molecule has 0 bridgehead atoms. The van der Waals surface area contributed by atoms with E-state index in [9.17, 15) is 14.3 Å².